The molecule has 1 saturated heterocycles. The number of carbonyl (C=O) groups is 3. The van der Waals surface area contributed by atoms with E-state index >= 15 is 0 Å². The van der Waals surface area contributed by atoms with Crippen molar-refractivity contribution in [2.75, 3.05) is 13.1 Å². The lowest BCUT2D eigenvalue weighted by Gasteiger charge is -2.27. The fourth-order valence-corrected chi connectivity index (χ4v) is 3.88. The lowest BCUT2D eigenvalue weighted by Crippen LogP contribution is -2.38. The summed E-state index contributed by atoms with van der Waals surface area (Å²) in [4.78, 5) is 42.6. The summed E-state index contributed by atoms with van der Waals surface area (Å²) in [5.74, 6) is -0.783. The van der Waals surface area contributed by atoms with Crippen LogP contribution in [0.4, 0.5) is 4.79 Å². The number of nitrogens with zero attached hydrogens (tertiary/aromatic N) is 2. The van der Waals surface area contributed by atoms with Crippen LogP contribution in [0.15, 0.2) is 6.20 Å². The minimum atomic E-state index is -0.602. The molecule has 0 unspecified atom stereocenters. The van der Waals surface area contributed by atoms with Gasteiger partial charge in [-0.1, -0.05) is 0 Å². The Bertz CT molecular complexity index is 717. The summed E-state index contributed by atoms with van der Waals surface area (Å²) in [6.45, 7) is 12.0. The van der Waals surface area contributed by atoms with Crippen molar-refractivity contribution in [1.29, 1.82) is 0 Å². The average molecular weight is 411 g/mol. The van der Waals surface area contributed by atoms with Gasteiger partial charge in [-0.15, -0.1) is 11.3 Å². The number of hydrogen-bond donors (Lipinski definition) is 0. The van der Waals surface area contributed by atoms with Crippen LogP contribution < -0.4 is 0 Å². The molecule has 1 aromatic rings. The molecule has 1 amide bonds. The summed E-state index contributed by atoms with van der Waals surface area (Å²) in [6.07, 6.45) is 2.98. The summed E-state index contributed by atoms with van der Waals surface area (Å²) in [5, 5.41) is 0.716. The van der Waals surface area contributed by atoms with Crippen LogP contribution in [0.25, 0.3) is 0 Å². The molecule has 1 aliphatic heterocycles. The van der Waals surface area contributed by atoms with E-state index in [1.54, 1.807) is 4.90 Å². The molecule has 1 aromatic heterocycles. The van der Waals surface area contributed by atoms with E-state index in [9.17, 15) is 14.4 Å². The van der Waals surface area contributed by atoms with Gasteiger partial charge in [0.2, 0.25) is 0 Å². The van der Waals surface area contributed by atoms with Gasteiger partial charge >= 0.3 is 12.1 Å². The fraction of sp³-hybridized carbons (Fsp3) is 0.700. The molecule has 1 aliphatic rings. The van der Waals surface area contributed by atoms with Crippen LogP contribution in [0.2, 0.25) is 0 Å². The van der Waals surface area contributed by atoms with Crippen molar-refractivity contribution in [2.24, 2.45) is 11.8 Å². The van der Waals surface area contributed by atoms with Crippen molar-refractivity contribution in [3.63, 3.8) is 0 Å². The second kappa shape index (κ2) is 8.59. The number of esters is 1. The van der Waals surface area contributed by atoms with E-state index in [1.165, 1.54) is 17.5 Å². The first-order valence-corrected chi connectivity index (χ1v) is 10.3. The van der Waals surface area contributed by atoms with E-state index in [4.69, 9.17) is 9.47 Å². The molecule has 7 nitrogen and oxygen atoms in total. The van der Waals surface area contributed by atoms with Gasteiger partial charge < -0.3 is 14.4 Å². The van der Waals surface area contributed by atoms with Crippen molar-refractivity contribution >= 4 is 29.7 Å². The minimum absolute atomic E-state index is 0.0500. The lowest BCUT2D eigenvalue weighted by atomic mass is 9.88. The Morgan fingerprint density at radius 3 is 2.43 bits per heavy atom. The topological polar surface area (TPSA) is 85.8 Å². The SMILES string of the molecule is CC(C)(C)OC(=O)[C@@H](Cc1ncc(C=O)s1)[C@H]1CCN(C(=O)OC(C)(C)C)C1. The normalized spacial score (nSPS) is 18.6. The number of aldehydes is 1. The largest absolute Gasteiger partial charge is 0.460 e. The lowest BCUT2D eigenvalue weighted by molar-refractivity contribution is -0.161. The molecule has 0 spiro atoms. The standard InChI is InChI=1S/C20H30N2O5S/c1-19(2,3)26-17(24)15(9-16-21-10-14(12-23)28-16)13-7-8-22(11-13)18(25)27-20(4,5)6/h10,12-13,15H,7-9,11H2,1-6H3/t13-,15-/m0/s1. The highest BCUT2D eigenvalue weighted by Crippen LogP contribution is 2.31. The van der Waals surface area contributed by atoms with Crippen molar-refractivity contribution < 1.29 is 23.9 Å². The van der Waals surface area contributed by atoms with Gasteiger partial charge in [-0.2, -0.15) is 0 Å². The minimum Gasteiger partial charge on any atom is -0.460 e. The number of ether oxygens (including phenoxy) is 2. The number of likely N-dealkylation sites (tertiary alicyclic amines) is 1. The maximum atomic E-state index is 12.9. The maximum Gasteiger partial charge on any atom is 0.410 e. The predicted octanol–water partition coefficient (Wildman–Crippen LogP) is 3.71. The number of amides is 1. The summed E-state index contributed by atoms with van der Waals surface area (Å²) >= 11 is 1.28. The summed E-state index contributed by atoms with van der Waals surface area (Å²) < 4.78 is 11.1. The molecule has 0 bridgehead atoms. The van der Waals surface area contributed by atoms with Crippen LogP contribution >= 0.6 is 11.3 Å². The molecule has 2 rings (SSSR count). The Balaban J connectivity index is 2.13. The van der Waals surface area contributed by atoms with Gasteiger partial charge in [0.1, 0.15) is 11.2 Å². The van der Waals surface area contributed by atoms with Crippen LogP contribution in [-0.2, 0) is 20.7 Å². The van der Waals surface area contributed by atoms with Crippen molar-refractivity contribution in [1.82, 2.24) is 9.88 Å². The first kappa shape index (κ1) is 22.3. The number of rotatable bonds is 5. The third-order valence-corrected chi connectivity index (χ3v) is 5.18. The van der Waals surface area contributed by atoms with Crippen LogP contribution in [0.5, 0.6) is 0 Å². The molecule has 8 heteroatoms. The summed E-state index contributed by atoms with van der Waals surface area (Å²) in [5.41, 5.74) is -1.17. The van der Waals surface area contributed by atoms with Gasteiger partial charge in [0.25, 0.3) is 0 Å². The molecule has 0 N–H and O–H groups in total. The summed E-state index contributed by atoms with van der Waals surface area (Å²) in [6, 6.07) is 0. The second-order valence-corrected chi connectivity index (χ2v) is 10.2. The van der Waals surface area contributed by atoms with Gasteiger partial charge in [-0.3, -0.25) is 9.59 Å². The van der Waals surface area contributed by atoms with Crippen LogP contribution in [0.1, 0.15) is 62.6 Å². The Hall–Kier alpha value is -1.96. The second-order valence-electron chi connectivity index (χ2n) is 9.09. The van der Waals surface area contributed by atoms with Crippen LogP contribution in [0, 0.1) is 11.8 Å². The zero-order valence-corrected chi connectivity index (χ0v) is 18.3. The molecule has 0 radical (unpaired) electrons. The van der Waals surface area contributed by atoms with Crippen molar-refractivity contribution in [2.45, 2.75) is 65.6 Å². The number of thiazole rings is 1. The van der Waals surface area contributed by atoms with E-state index in [0.717, 1.165) is 6.29 Å². The van der Waals surface area contributed by atoms with Gasteiger partial charge in [0.15, 0.2) is 6.29 Å². The first-order chi connectivity index (χ1) is 12.9. The molecule has 0 aliphatic carbocycles. The van der Waals surface area contributed by atoms with Crippen LogP contribution in [-0.4, -0.2) is 52.5 Å². The van der Waals surface area contributed by atoms with Crippen LogP contribution in [0.3, 0.4) is 0 Å². The zero-order chi connectivity index (χ0) is 21.1. The maximum absolute atomic E-state index is 12.9. The first-order valence-electron chi connectivity index (χ1n) is 9.48. The highest BCUT2D eigenvalue weighted by molar-refractivity contribution is 7.13. The van der Waals surface area contributed by atoms with E-state index in [0.29, 0.717) is 35.8 Å². The monoisotopic (exact) mass is 410 g/mol. The predicted molar refractivity (Wildman–Crippen MR) is 106 cm³/mol. The van der Waals surface area contributed by atoms with Gasteiger partial charge in [-0.05, 0) is 53.9 Å². The third kappa shape index (κ3) is 6.58. The molecular formula is C20H30N2O5S. The van der Waals surface area contributed by atoms with Gasteiger partial charge in [0.05, 0.1) is 15.8 Å². The molecule has 156 valence electrons. The van der Waals surface area contributed by atoms with E-state index in [2.05, 4.69) is 4.98 Å². The molecule has 28 heavy (non-hydrogen) atoms. The smallest absolute Gasteiger partial charge is 0.410 e. The van der Waals surface area contributed by atoms with E-state index in [1.807, 2.05) is 41.5 Å². The van der Waals surface area contributed by atoms with E-state index < -0.39 is 17.1 Å². The molecule has 2 heterocycles. The van der Waals surface area contributed by atoms with Crippen molar-refractivity contribution in [3.8, 4) is 0 Å². The molecule has 0 aromatic carbocycles. The molecule has 2 atom stereocenters. The number of hydrogen-bond acceptors (Lipinski definition) is 7. The Labute approximate surface area is 170 Å². The average Bonchev–Trinajstić information content (AvgIpc) is 3.18. The Kier molecular flexibility index (Phi) is 6.85. The summed E-state index contributed by atoms with van der Waals surface area (Å²) in [7, 11) is 0. The fourth-order valence-electron chi connectivity index (χ4n) is 3.09. The number of aromatic nitrogens is 1. The van der Waals surface area contributed by atoms with E-state index in [-0.39, 0.29) is 18.0 Å². The highest BCUT2D eigenvalue weighted by atomic mass is 32.1. The van der Waals surface area contributed by atoms with Crippen molar-refractivity contribution in [3.05, 3.63) is 16.1 Å². The van der Waals surface area contributed by atoms with Gasteiger partial charge in [-0.25, -0.2) is 9.78 Å². The molecular weight excluding hydrogens is 380 g/mol. The Morgan fingerprint density at radius 2 is 1.89 bits per heavy atom. The number of carbonyl (C=O) groups excluding carboxylic acids is 3. The third-order valence-electron chi connectivity index (χ3n) is 4.24. The molecule has 0 saturated carbocycles. The Morgan fingerprint density at radius 1 is 1.25 bits per heavy atom. The zero-order valence-electron chi connectivity index (χ0n) is 17.5. The highest BCUT2D eigenvalue weighted by Gasteiger charge is 2.39. The van der Waals surface area contributed by atoms with Gasteiger partial charge in [0, 0.05) is 25.7 Å². The quantitative estimate of drug-likeness (QED) is 0.543. The molecule has 1 fully saturated rings.